The zero-order valence-electron chi connectivity index (χ0n) is 11.0. The van der Waals surface area contributed by atoms with Crippen LogP contribution >= 0.6 is 0 Å². The topological polar surface area (TPSA) is 42.9 Å². The van der Waals surface area contributed by atoms with E-state index < -0.39 is 11.6 Å². The predicted molar refractivity (Wildman–Crippen MR) is 75.0 cm³/mol. The Morgan fingerprint density at radius 1 is 1.00 bits per heavy atom. The number of halogens is 2. The number of hydrogen-bond acceptors (Lipinski definition) is 4. The van der Waals surface area contributed by atoms with Crippen molar-refractivity contribution in [3.8, 4) is 11.5 Å². The smallest absolute Gasteiger partial charge is 0.162 e. The Balaban J connectivity index is 1.71. The van der Waals surface area contributed by atoms with E-state index in [1.807, 2.05) is 0 Å². The minimum atomic E-state index is -0.700. The van der Waals surface area contributed by atoms with Crippen LogP contribution in [0.3, 0.4) is 0 Å². The molecule has 1 heterocycles. The summed E-state index contributed by atoms with van der Waals surface area (Å²) in [7, 11) is 0. The molecule has 1 aliphatic rings. The number of hydrazone groups is 1. The van der Waals surface area contributed by atoms with Crippen molar-refractivity contribution in [2.45, 2.75) is 0 Å². The Hall–Kier alpha value is -2.63. The molecule has 108 valence electrons. The Morgan fingerprint density at radius 3 is 2.62 bits per heavy atom. The lowest BCUT2D eigenvalue weighted by molar-refractivity contribution is 0.171. The average Bonchev–Trinajstić information content (AvgIpc) is 2.49. The van der Waals surface area contributed by atoms with E-state index in [9.17, 15) is 8.78 Å². The lowest BCUT2D eigenvalue weighted by Crippen LogP contribution is -2.15. The molecular formula is C15H12F2N2O2. The van der Waals surface area contributed by atoms with Crippen molar-refractivity contribution < 1.29 is 18.3 Å². The molecule has 1 aliphatic heterocycles. The maximum atomic E-state index is 13.4. The van der Waals surface area contributed by atoms with E-state index in [2.05, 4.69) is 10.5 Å². The van der Waals surface area contributed by atoms with Crippen molar-refractivity contribution in [1.82, 2.24) is 0 Å². The molecule has 0 saturated heterocycles. The zero-order valence-corrected chi connectivity index (χ0v) is 11.0. The Labute approximate surface area is 120 Å². The minimum Gasteiger partial charge on any atom is -0.486 e. The molecular weight excluding hydrogens is 278 g/mol. The van der Waals surface area contributed by atoms with E-state index in [4.69, 9.17) is 9.47 Å². The molecule has 0 aromatic heterocycles. The standard InChI is InChI=1S/C15H12F2N2O2/c16-11-2-3-13(12(17)8-11)19-18-9-10-1-4-14-15(7-10)21-6-5-20-14/h1-4,7-9,19H,5-6H2. The van der Waals surface area contributed by atoms with E-state index in [1.54, 1.807) is 18.2 Å². The maximum Gasteiger partial charge on any atom is 0.162 e. The molecule has 0 aliphatic carbocycles. The van der Waals surface area contributed by atoms with Crippen LogP contribution in [0.4, 0.5) is 14.5 Å². The van der Waals surface area contributed by atoms with Gasteiger partial charge in [-0.15, -0.1) is 0 Å². The second kappa shape index (κ2) is 5.78. The molecule has 0 saturated carbocycles. The van der Waals surface area contributed by atoms with Crippen LogP contribution < -0.4 is 14.9 Å². The van der Waals surface area contributed by atoms with Gasteiger partial charge in [-0.1, -0.05) is 0 Å². The lowest BCUT2D eigenvalue weighted by atomic mass is 10.2. The van der Waals surface area contributed by atoms with Crippen LogP contribution in [0.5, 0.6) is 11.5 Å². The Bertz CT molecular complexity index is 689. The molecule has 21 heavy (non-hydrogen) atoms. The third-order valence-electron chi connectivity index (χ3n) is 2.90. The van der Waals surface area contributed by atoms with Gasteiger partial charge in [-0.2, -0.15) is 5.10 Å². The van der Waals surface area contributed by atoms with E-state index in [1.165, 1.54) is 12.3 Å². The second-order valence-electron chi connectivity index (χ2n) is 4.40. The summed E-state index contributed by atoms with van der Waals surface area (Å²) in [6.07, 6.45) is 1.51. The first kappa shape index (κ1) is 13.4. The van der Waals surface area contributed by atoms with Gasteiger partial charge in [-0.05, 0) is 35.9 Å². The van der Waals surface area contributed by atoms with Crippen LogP contribution in [0, 0.1) is 11.6 Å². The van der Waals surface area contributed by atoms with Crippen LogP contribution in [0.2, 0.25) is 0 Å². The molecule has 0 fully saturated rings. The van der Waals surface area contributed by atoms with Crippen LogP contribution in [0.25, 0.3) is 0 Å². The summed E-state index contributed by atoms with van der Waals surface area (Å²) < 4.78 is 37.0. The van der Waals surface area contributed by atoms with Crippen molar-refractivity contribution in [3.05, 3.63) is 53.6 Å². The maximum absolute atomic E-state index is 13.4. The summed E-state index contributed by atoms with van der Waals surface area (Å²) in [5.41, 5.74) is 3.40. The molecule has 6 heteroatoms. The van der Waals surface area contributed by atoms with Gasteiger partial charge in [0.25, 0.3) is 0 Å². The van der Waals surface area contributed by atoms with Crippen molar-refractivity contribution >= 4 is 11.9 Å². The number of hydrogen-bond donors (Lipinski definition) is 1. The van der Waals surface area contributed by atoms with Crippen LogP contribution in [0.15, 0.2) is 41.5 Å². The first-order chi connectivity index (χ1) is 10.2. The van der Waals surface area contributed by atoms with Gasteiger partial charge in [-0.25, -0.2) is 8.78 Å². The van der Waals surface area contributed by atoms with E-state index in [0.29, 0.717) is 24.7 Å². The monoisotopic (exact) mass is 290 g/mol. The molecule has 0 atom stereocenters. The number of anilines is 1. The first-order valence-electron chi connectivity index (χ1n) is 6.36. The first-order valence-corrected chi connectivity index (χ1v) is 6.36. The SMILES string of the molecule is Fc1ccc(NN=Cc2ccc3c(c2)OCCO3)c(F)c1. The lowest BCUT2D eigenvalue weighted by Gasteiger charge is -2.18. The average molecular weight is 290 g/mol. The number of nitrogens with zero attached hydrogens (tertiary/aromatic N) is 1. The molecule has 0 bridgehead atoms. The van der Waals surface area contributed by atoms with Crippen molar-refractivity contribution in [1.29, 1.82) is 0 Å². The van der Waals surface area contributed by atoms with E-state index >= 15 is 0 Å². The van der Waals surface area contributed by atoms with Crippen molar-refractivity contribution in [2.24, 2.45) is 5.10 Å². The summed E-state index contributed by atoms with van der Waals surface area (Å²) in [6, 6.07) is 8.60. The van der Waals surface area contributed by atoms with Crippen LogP contribution in [0.1, 0.15) is 5.56 Å². The number of rotatable bonds is 3. The number of benzene rings is 2. The van der Waals surface area contributed by atoms with Gasteiger partial charge in [0.2, 0.25) is 0 Å². The Morgan fingerprint density at radius 2 is 1.81 bits per heavy atom. The fourth-order valence-corrected chi connectivity index (χ4v) is 1.90. The quantitative estimate of drug-likeness (QED) is 0.697. The van der Waals surface area contributed by atoms with Crippen LogP contribution in [-0.2, 0) is 0 Å². The van der Waals surface area contributed by atoms with Gasteiger partial charge in [-0.3, -0.25) is 5.43 Å². The highest BCUT2D eigenvalue weighted by molar-refractivity contribution is 5.81. The van der Waals surface area contributed by atoms with Crippen LogP contribution in [-0.4, -0.2) is 19.4 Å². The summed E-state index contributed by atoms with van der Waals surface area (Å²) >= 11 is 0. The number of fused-ring (bicyclic) bond motifs is 1. The number of nitrogens with one attached hydrogen (secondary N) is 1. The second-order valence-corrected chi connectivity index (χ2v) is 4.40. The van der Waals surface area contributed by atoms with Gasteiger partial charge < -0.3 is 9.47 Å². The highest BCUT2D eigenvalue weighted by Gasteiger charge is 2.10. The third kappa shape index (κ3) is 3.10. The fourth-order valence-electron chi connectivity index (χ4n) is 1.90. The van der Waals surface area contributed by atoms with Crippen molar-refractivity contribution in [2.75, 3.05) is 18.6 Å². The molecule has 1 N–H and O–H groups in total. The summed E-state index contributed by atoms with van der Waals surface area (Å²) in [5.74, 6) is 0.0114. The summed E-state index contributed by atoms with van der Waals surface area (Å²) in [4.78, 5) is 0. The van der Waals surface area contributed by atoms with Gasteiger partial charge in [0.05, 0.1) is 11.9 Å². The molecule has 0 amide bonds. The van der Waals surface area contributed by atoms with Gasteiger partial charge >= 0.3 is 0 Å². The molecule has 0 spiro atoms. The molecule has 4 nitrogen and oxygen atoms in total. The number of ether oxygens (including phenoxy) is 2. The highest BCUT2D eigenvalue weighted by Crippen LogP contribution is 2.30. The Kier molecular flexibility index (Phi) is 3.68. The third-order valence-corrected chi connectivity index (χ3v) is 2.90. The van der Waals surface area contributed by atoms with Gasteiger partial charge in [0, 0.05) is 6.07 Å². The molecule has 2 aromatic rings. The summed E-state index contributed by atoms with van der Waals surface area (Å²) in [6.45, 7) is 1.04. The minimum absolute atomic E-state index is 0.102. The molecule has 2 aromatic carbocycles. The van der Waals surface area contributed by atoms with E-state index in [-0.39, 0.29) is 5.69 Å². The fraction of sp³-hybridized carbons (Fsp3) is 0.133. The molecule has 0 radical (unpaired) electrons. The summed E-state index contributed by atoms with van der Waals surface area (Å²) in [5, 5.41) is 3.92. The highest BCUT2D eigenvalue weighted by atomic mass is 19.1. The van der Waals surface area contributed by atoms with Crippen molar-refractivity contribution in [3.63, 3.8) is 0 Å². The zero-order chi connectivity index (χ0) is 14.7. The van der Waals surface area contributed by atoms with Gasteiger partial charge in [0.15, 0.2) is 17.3 Å². The predicted octanol–water partition coefficient (Wildman–Crippen LogP) is 3.18. The normalized spacial score (nSPS) is 13.4. The van der Waals surface area contributed by atoms with Gasteiger partial charge in [0.1, 0.15) is 19.0 Å². The molecule has 0 unspecified atom stereocenters. The largest absolute Gasteiger partial charge is 0.486 e. The molecule has 3 rings (SSSR count). The van der Waals surface area contributed by atoms with E-state index in [0.717, 1.165) is 17.7 Å².